The van der Waals surface area contributed by atoms with E-state index >= 15 is 0 Å². The number of furan rings is 1. The summed E-state index contributed by atoms with van der Waals surface area (Å²) in [4.78, 5) is 19.4. The first-order chi connectivity index (χ1) is 16.1. The minimum Gasteiger partial charge on any atom is -0.550 e. The maximum Gasteiger partial charge on any atom is 0.234 e. The van der Waals surface area contributed by atoms with E-state index in [1.807, 2.05) is 61.5 Å². The second kappa shape index (κ2) is 10.2. The van der Waals surface area contributed by atoms with E-state index in [4.69, 9.17) is 13.9 Å². The molecule has 7 nitrogen and oxygen atoms in total. The molecule has 4 aromatic rings. The molecular weight excluding hydrogens is 420 g/mol. The Kier molecular flexibility index (Phi) is 6.88. The molecule has 1 atom stereocenters. The van der Waals surface area contributed by atoms with Crippen LogP contribution >= 0.6 is 0 Å². The van der Waals surface area contributed by atoms with Crippen molar-refractivity contribution in [2.75, 3.05) is 7.11 Å². The van der Waals surface area contributed by atoms with Gasteiger partial charge in [0, 0.05) is 17.1 Å². The maximum atomic E-state index is 10.6. The fourth-order valence-electron chi connectivity index (χ4n) is 3.77. The first-order valence-electron chi connectivity index (χ1n) is 10.9. The van der Waals surface area contributed by atoms with Crippen LogP contribution in [0.1, 0.15) is 32.6 Å². The van der Waals surface area contributed by atoms with Crippen LogP contribution in [0.5, 0.6) is 11.6 Å². The van der Waals surface area contributed by atoms with Crippen LogP contribution < -0.4 is 14.6 Å². The highest BCUT2D eigenvalue weighted by Crippen LogP contribution is 2.43. The zero-order valence-electron chi connectivity index (χ0n) is 18.6. The van der Waals surface area contributed by atoms with Crippen LogP contribution in [0.25, 0.3) is 33.6 Å². The molecule has 0 amide bonds. The summed E-state index contributed by atoms with van der Waals surface area (Å²) < 4.78 is 17.7. The summed E-state index contributed by atoms with van der Waals surface area (Å²) in [7, 11) is 1.63. The predicted octanol–water partition coefficient (Wildman–Crippen LogP) is 4.64. The average Bonchev–Trinajstić information content (AvgIpc) is 3.23. The van der Waals surface area contributed by atoms with Gasteiger partial charge in [0.25, 0.3) is 0 Å². The van der Waals surface area contributed by atoms with E-state index in [0.717, 1.165) is 28.9 Å². The third kappa shape index (κ3) is 5.14. The van der Waals surface area contributed by atoms with Crippen molar-refractivity contribution in [1.29, 1.82) is 0 Å². The number of carbonyl (C=O) groups excluding carboxylic acids is 1. The molecule has 0 N–H and O–H groups in total. The topological polar surface area (TPSA) is 97.5 Å². The highest BCUT2D eigenvalue weighted by Gasteiger charge is 2.23. The summed E-state index contributed by atoms with van der Waals surface area (Å²) in [6, 6.07) is 17.6. The molecule has 4 rings (SSSR count). The zero-order chi connectivity index (χ0) is 23.2. The molecule has 7 heteroatoms. The minimum absolute atomic E-state index is 0.0499. The number of fused-ring (bicyclic) bond motifs is 1. The number of carbonyl (C=O) groups is 1. The molecule has 2 heterocycles. The molecule has 0 spiro atoms. The molecular formula is C26H25N2O5-. The number of ether oxygens (including phenoxy) is 2. The van der Waals surface area contributed by atoms with Crippen LogP contribution in [-0.2, 0) is 4.79 Å². The standard InChI is InChI=1S/C26H26N2O5/c1-17(8-6-7-11-21(29)30)32-25-23-22(18-12-14-20(31-2)15-13-18)24(19-9-4-3-5-10-19)33-26(23)28-16-27-25/h3-5,9-10,12-17H,6-8,11H2,1-2H3,(H,29,30)/p-1/t17-/m1/s1. The summed E-state index contributed by atoms with van der Waals surface area (Å²) in [5, 5.41) is 11.3. The number of aromatic nitrogens is 2. The van der Waals surface area contributed by atoms with Crippen molar-refractivity contribution in [1.82, 2.24) is 9.97 Å². The quantitative estimate of drug-likeness (QED) is 0.328. The van der Waals surface area contributed by atoms with E-state index in [0.29, 0.717) is 35.6 Å². The summed E-state index contributed by atoms with van der Waals surface area (Å²) in [5.74, 6) is 0.842. The fourth-order valence-corrected chi connectivity index (χ4v) is 3.77. The third-order valence-corrected chi connectivity index (χ3v) is 5.42. The van der Waals surface area contributed by atoms with Crippen molar-refractivity contribution in [2.45, 2.75) is 38.7 Å². The first kappa shape index (κ1) is 22.3. The predicted molar refractivity (Wildman–Crippen MR) is 123 cm³/mol. The van der Waals surface area contributed by atoms with Gasteiger partial charge in [0.15, 0.2) is 0 Å². The van der Waals surface area contributed by atoms with Crippen LogP contribution in [-0.4, -0.2) is 29.2 Å². The van der Waals surface area contributed by atoms with Crippen molar-refractivity contribution in [2.24, 2.45) is 0 Å². The fraction of sp³-hybridized carbons (Fsp3) is 0.269. The monoisotopic (exact) mass is 445 g/mol. The van der Waals surface area contributed by atoms with Gasteiger partial charge in [0.2, 0.25) is 11.6 Å². The molecule has 2 aromatic carbocycles. The minimum atomic E-state index is -1.03. The second-order valence-corrected chi connectivity index (χ2v) is 7.81. The van der Waals surface area contributed by atoms with Crippen molar-refractivity contribution >= 4 is 17.1 Å². The summed E-state index contributed by atoms with van der Waals surface area (Å²) in [6.07, 6.45) is 3.28. The van der Waals surface area contributed by atoms with Gasteiger partial charge in [-0.2, -0.15) is 0 Å². The maximum absolute atomic E-state index is 10.6. The van der Waals surface area contributed by atoms with Gasteiger partial charge in [0.1, 0.15) is 23.2 Å². The molecule has 0 fully saturated rings. The lowest BCUT2D eigenvalue weighted by Gasteiger charge is -2.15. The van der Waals surface area contributed by atoms with Crippen LogP contribution in [0.4, 0.5) is 0 Å². The number of carboxylic acids is 1. The van der Waals surface area contributed by atoms with Gasteiger partial charge in [-0.25, -0.2) is 9.97 Å². The SMILES string of the molecule is COc1ccc(-c2c(-c3ccccc3)oc3ncnc(O[C@H](C)CCCCC(=O)[O-])c23)cc1. The number of rotatable bonds is 10. The average molecular weight is 445 g/mol. The Labute approximate surface area is 192 Å². The van der Waals surface area contributed by atoms with E-state index < -0.39 is 5.97 Å². The molecule has 0 bridgehead atoms. The van der Waals surface area contributed by atoms with Crippen LogP contribution in [0.2, 0.25) is 0 Å². The number of carboxylic acid groups (broad SMARTS) is 1. The molecule has 0 unspecified atom stereocenters. The van der Waals surface area contributed by atoms with Crippen LogP contribution in [0, 0.1) is 0 Å². The number of aliphatic carboxylic acids is 1. The molecule has 0 aliphatic heterocycles. The summed E-state index contributed by atoms with van der Waals surface area (Å²) in [6.45, 7) is 1.94. The number of hydrogen-bond acceptors (Lipinski definition) is 7. The van der Waals surface area contributed by atoms with Gasteiger partial charge in [-0.3, -0.25) is 0 Å². The number of unbranched alkanes of at least 4 members (excludes halogenated alkanes) is 1. The van der Waals surface area contributed by atoms with Crippen LogP contribution in [0.15, 0.2) is 65.3 Å². The molecule has 0 aliphatic rings. The van der Waals surface area contributed by atoms with Gasteiger partial charge in [-0.05, 0) is 50.3 Å². The highest BCUT2D eigenvalue weighted by molar-refractivity contribution is 6.03. The van der Waals surface area contributed by atoms with Crippen molar-refractivity contribution in [3.8, 4) is 34.1 Å². The lowest BCUT2D eigenvalue weighted by molar-refractivity contribution is -0.305. The van der Waals surface area contributed by atoms with Crippen molar-refractivity contribution < 1.29 is 23.8 Å². The molecule has 0 saturated heterocycles. The number of nitrogens with zero attached hydrogens (tertiary/aromatic N) is 2. The Morgan fingerprint density at radius 3 is 2.48 bits per heavy atom. The molecule has 170 valence electrons. The first-order valence-corrected chi connectivity index (χ1v) is 10.9. The summed E-state index contributed by atoms with van der Waals surface area (Å²) in [5.41, 5.74) is 3.13. The molecule has 2 aromatic heterocycles. The van der Waals surface area contributed by atoms with Gasteiger partial charge in [0.05, 0.1) is 13.2 Å². The van der Waals surface area contributed by atoms with Gasteiger partial charge in [-0.1, -0.05) is 42.5 Å². The van der Waals surface area contributed by atoms with Gasteiger partial charge in [-0.15, -0.1) is 0 Å². The lowest BCUT2D eigenvalue weighted by atomic mass is 9.99. The van der Waals surface area contributed by atoms with Gasteiger partial charge < -0.3 is 23.8 Å². The van der Waals surface area contributed by atoms with E-state index in [9.17, 15) is 9.90 Å². The Hall–Kier alpha value is -3.87. The Balaban J connectivity index is 1.74. The Bertz CT molecular complexity index is 1220. The molecule has 0 aliphatic carbocycles. The largest absolute Gasteiger partial charge is 0.550 e. The highest BCUT2D eigenvalue weighted by atomic mass is 16.5. The van der Waals surface area contributed by atoms with E-state index in [1.165, 1.54) is 6.33 Å². The number of methoxy groups -OCH3 is 1. The van der Waals surface area contributed by atoms with E-state index in [2.05, 4.69) is 9.97 Å². The molecule has 0 radical (unpaired) electrons. The second-order valence-electron chi connectivity index (χ2n) is 7.81. The third-order valence-electron chi connectivity index (χ3n) is 5.42. The zero-order valence-corrected chi connectivity index (χ0v) is 18.6. The molecule has 0 saturated carbocycles. The smallest absolute Gasteiger partial charge is 0.234 e. The van der Waals surface area contributed by atoms with E-state index in [-0.39, 0.29) is 12.5 Å². The van der Waals surface area contributed by atoms with E-state index in [1.54, 1.807) is 7.11 Å². The Morgan fingerprint density at radius 2 is 1.79 bits per heavy atom. The number of hydrogen-bond donors (Lipinski definition) is 0. The number of benzene rings is 2. The summed E-state index contributed by atoms with van der Waals surface area (Å²) >= 11 is 0. The van der Waals surface area contributed by atoms with Crippen molar-refractivity contribution in [3.05, 3.63) is 60.9 Å². The van der Waals surface area contributed by atoms with Crippen molar-refractivity contribution in [3.63, 3.8) is 0 Å². The normalized spacial score (nSPS) is 11.9. The van der Waals surface area contributed by atoms with Gasteiger partial charge >= 0.3 is 0 Å². The van der Waals surface area contributed by atoms with Crippen LogP contribution in [0.3, 0.4) is 0 Å². The molecule has 33 heavy (non-hydrogen) atoms. The lowest BCUT2D eigenvalue weighted by Crippen LogP contribution is -2.21. The Morgan fingerprint density at radius 1 is 1.03 bits per heavy atom.